The molecular weight excluding hydrogens is 206 g/mol. The molecule has 1 aromatic heterocycles. The third-order valence-corrected chi connectivity index (χ3v) is 2.39. The number of hydrogen-bond donors (Lipinski definition) is 0. The zero-order chi connectivity index (χ0) is 12.2. The maximum absolute atomic E-state index is 12.0. The third-order valence-electron chi connectivity index (χ3n) is 2.39. The minimum atomic E-state index is -0.486. The zero-order valence-corrected chi connectivity index (χ0v) is 10.1. The molecule has 16 heavy (non-hydrogen) atoms. The molecule has 88 valence electrons. The molecule has 1 rings (SSSR count). The van der Waals surface area contributed by atoms with E-state index in [1.807, 2.05) is 13.8 Å². The first-order valence-electron chi connectivity index (χ1n) is 5.07. The van der Waals surface area contributed by atoms with Crippen molar-refractivity contribution in [2.24, 2.45) is 0 Å². The van der Waals surface area contributed by atoms with Gasteiger partial charge in [0.1, 0.15) is 11.4 Å². The SMILES string of the molecule is COc1cccnc1C(=O)CC(C)(C)OC. The van der Waals surface area contributed by atoms with E-state index in [4.69, 9.17) is 9.47 Å². The van der Waals surface area contributed by atoms with Crippen molar-refractivity contribution in [3.05, 3.63) is 24.0 Å². The summed E-state index contributed by atoms with van der Waals surface area (Å²) in [6.45, 7) is 3.72. The lowest BCUT2D eigenvalue weighted by Gasteiger charge is -2.21. The van der Waals surface area contributed by atoms with Crippen molar-refractivity contribution in [1.29, 1.82) is 0 Å². The molecule has 4 heteroatoms. The Balaban J connectivity index is 2.88. The summed E-state index contributed by atoms with van der Waals surface area (Å²) in [5.74, 6) is 0.420. The van der Waals surface area contributed by atoms with Crippen LogP contribution in [0.2, 0.25) is 0 Å². The van der Waals surface area contributed by atoms with Gasteiger partial charge >= 0.3 is 0 Å². The van der Waals surface area contributed by atoms with Crippen molar-refractivity contribution in [2.75, 3.05) is 14.2 Å². The summed E-state index contributed by atoms with van der Waals surface area (Å²) in [6, 6.07) is 3.46. The number of carbonyl (C=O) groups is 1. The third kappa shape index (κ3) is 3.03. The molecule has 1 aromatic rings. The van der Waals surface area contributed by atoms with Crippen molar-refractivity contribution in [1.82, 2.24) is 4.98 Å². The summed E-state index contributed by atoms with van der Waals surface area (Å²) in [6.07, 6.45) is 1.85. The van der Waals surface area contributed by atoms with Gasteiger partial charge in [0.2, 0.25) is 0 Å². The highest BCUT2D eigenvalue weighted by Gasteiger charge is 2.24. The zero-order valence-electron chi connectivity index (χ0n) is 10.1. The standard InChI is InChI=1S/C12H17NO3/c1-12(2,16-4)8-9(14)11-10(15-3)6-5-7-13-11/h5-7H,8H2,1-4H3. The van der Waals surface area contributed by atoms with Crippen molar-refractivity contribution in [3.8, 4) is 5.75 Å². The van der Waals surface area contributed by atoms with Gasteiger partial charge in [-0.1, -0.05) is 0 Å². The van der Waals surface area contributed by atoms with Gasteiger partial charge in [0.05, 0.1) is 12.7 Å². The molecule has 0 spiro atoms. The maximum Gasteiger partial charge on any atom is 0.187 e. The number of pyridine rings is 1. The van der Waals surface area contributed by atoms with Crippen LogP contribution in [0.3, 0.4) is 0 Å². The van der Waals surface area contributed by atoms with E-state index in [0.717, 1.165) is 0 Å². The van der Waals surface area contributed by atoms with Crippen LogP contribution in [-0.4, -0.2) is 30.6 Å². The fraction of sp³-hybridized carbons (Fsp3) is 0.500. The Hall–Kier alpha value is -1.42. The van der Waals surface area contributed by atoms with E-state index in [0.29, 0.717) is 11.4 Å². The van der Waals surface area contributed by atoms with E-state index in [9.17, 15) is 4.79 Å². The van der Waals surface area contributed by atoms with Crippen LogP contribution >= 0.6 is 0 Å². The fourth-order valence-electron chi connectivity index (χ4n) is 1.31. The quantitative estimate of drug-likeness (QED) is 0.717. The molecule has 0 aliphatic carbocycles. The number of ether oxygens (including phenoxy) is 2. The molecule has 0 aromatic carbocycles. The number of Topliss-reactive ketones (excluding diaryl/α,β-unsaturated/α-hetero) is 1. The van der Waals surface area contributed by atoms with E-state index >= 15 is 0 Å². The van der Waals surface area contributed by atoms with E-state index < -0.39 is 5.60 Å². The van der Waals surface area contributed by atoms with Crippen LogP contribution in [0.25, 0.3) is 0 Å². The Morgan fingerprint density at radius 3 is 2.69 bits per heavy atom. The van der Waals surface area contributed by atoms with Crippen molar-refractivity contribution in [2.45, 2.75) is 25.9 Å². The molecule has 0 N–H and O–H groups in total. The Bertz CT molecular complexity index is 374. The predicted molar refractivity (Wildman–Crippen MR) is 60.8 cm³/mol. The van der Waals surface area contributed by atoms with E-state index in [2.05, 4.69) is 4.98 Å². The molecule has 4 nitrogen and oxygen atoms in total. The Morgan fingerprint density at radius 1 is 1.44 bits per heavy atom. The van der Waals surface area contributed by atoms with Crippen LogP contribution in [0, 0.1) is 0 Å². The van der Waals surface area contributed by atoms with Crippen LogP contribution in [0.15, 0.2) is 18.3 Å². The van der Waals surface area contributed by atoms with Crippen LogP contribution in [-0.2, 0) is 4.74 Å². The Labute approximate surface area is 95.6 Å². The van der Waals surface area contributed by atoms with Gasteiger partial charge in [-0.05, 0) is 26.0 Å². The lowest BCUT2D eigenvalue weighted by atomic mass is 9.99. The van der Waals surface area contributed by atoms with Crippen molar-refractivity contribution >= 4 is 5.78 Å². The molecule has 0 amide bonds. The second-order valence-corrected chi connectivity index (χ2v) is 4.12. The van der Waals surface area contributed by atoms with E-state index in [-0.39, 0.29) is 12.2 Å². The largest absolute Gasteiger partial charge is 0.494 e. The van der Waals surface area contributed by atoms with Crippen LogP contribution in [0.5, 0.6) is 5.75 Å². The molecule has 0 atom stereocenters. The van der Waals surface area contributed by atoms with Gasteiger partial charge in [-0.15, -0.1) is 0 Å². The normalized spacial score (nSPS) is 11.2. The average Bonchev–Trinajstić information content (AvgIpc) is 2.28. The van der Waals surface area contributed by atoms with Crippen LogP contribution in [0.4, 0.5) is 0 Å². The van der Waals surface area contributed by atoms with Crippen LogP contribution in [0.1, 0.15) is 30.8 Å². The topological polar surface area (TPSA) is 48.4 Å². The molecule has 0 saturated heterocycles. The first kappa shape index (κ1) is 12.6. The van der Waals surface area contributed by atoms with Gasteiger partial charge in [-0.25, -0.2) is 4.98 Å². The molecule has 0 saturated carbocycles. The van der Waals surface area contributed by atoms with Gasteiger partial charge in [0.25, 0.3) is 0 Å². The number of ketones is 1. The number of aromatic nitrogens is 1. The van der Waals surface area contributed by atoms with Gasteiger partial charge in [-0.2, -0.15) is 0 Å². The van der Waals surface area contributed by atoms with E-state index in [1.165, 1.54) is 7.11 Å². The van der Waals surface area contributed by atoms with Crippen LogP contribution < -0.4 is 4.74 Å². The molecule has 0 aliphatic rings. The molecule has 0 fully saturated rings. The summed E-state index contributed by atoms with van der Waals surface area (Å²) in [7, 11) is 3.11. The summed E-state index contributed by atoms with van der Waals surface area (Å²) in [4.78, 5) is 16.0. The highest BCUT2D eigenvalue weighted by molar-refractivity contribution is 5.97. The highest BCUT2D eigenvalue weighted by atomic mass is 16.5. The van der Waals surface area contributed by atoms with Gasteiger partial charge in [0.15, 0.2) is 5.78 Å². The second-order valence-electron chi connectivity index (χ2n) is 4.12. The van der Waals surface area contributed by atoms with Gasteiger partial charge in [-0.3, -0.25) is 4.79 Å². The number of carbonyl (C=O) groups excluding carboxylic acids is 1. The summed E-state index contributed by atoms with van der Waals surface area (Å²) in [5.41, 5.74) is -0.130. The molecule has 1 heterocycles. The molecule has 0 aliphatic heterocycles. The van der Waals surface area contributed by atoms with Crippen molar-refractivity contribution < 1.29 is 14.3 Å². The lowest BCUT2D eigenvalue weighted by molar-refractivity contribution is 0.0170. The summed E-state index contributed by atoms with van der Waals surface area (Å²) < 4.78 is 10.3. The molecule has 0 bridgehead atoms. The summed E-state index contributed by atoms with van der Waals surface area (Å²) in [5, 5.41) is 0. The van der Waals surface area contributed by atoms with Crippen molar-refractivity contribution in [3.63, 3.8) is 0 Å². The average molecular weight is 223 g/mol. The number of nitrogens with zero attached hydrogens (tertiary/aromatic N) is 1. The minimum absolute atomic E-state index is 0.0794. The Morgan fingerprint density at radius 2 is 2.12 bits per heavy atom. The predicted octanol–water partition coefficient (Wildman–Crippen LogP) is 2.09. The monoisotopic (exact) mass is 223 g/mol. The second kappa shape index (κ2) is 5.07. The van der Waals surface area contributed by atoms with Gasteiger partial charge < -0.3 is 9.47 Å². The Kier molecular flexibility index (Phi) is 4.01. The minimum Gasteiger partial charge on any atom is -0.494 e. The first-order valence-corrected chi connectivity index (χ1v) is 5.07. The summed E-state index contributed by atoms with van der Waals surface area (Å²) >= 11 is 0. The molecule has 0 unspecified atom stereocenters. The molecule has 0 radical (unpaired) electrons. The highest BCUT2D eigenvalue weighted by Crippen LogP contribution is 2.21. The van der Waals surface area contributed by atoms with Gasteiger partial charge in [0, 0.05) is 19.7 Å². The smallest absolute Gasteiger partial charge is 0.187 e. The lowest BCUT2D eigenvalue weighted by Crippen LogP contribution is -2.27. The number of rotatable bonds is 5. The molecular formula is C12H17NO3. The van der Waals surface area contributed by atoms with E-state index in [1.54, 1.807) is 25.4 Å². The first-order chi connectivity index (χ1) is 7.50. The maximum atomic E-state index is 12.0. The fourth-order valence-corrected chi connectivity index (χ4v) is 1.31. The number of hydrogen-bond acceptors (Lipinski definition) is 4. The number of methoxy groups -OCH3 is 2.